The molecule has 0 unspecified atom stereocenters. The molecule has 0 aliphatic rings. The highest BCUT2D eigenvalue weighted by Crippen LogP contribution is 2.30. The first-order chi connectivity index (χ1) is 11.6. The second-order valence-corrected chi connectivity index (χ2v) is 11.8. The van der Waals surface area contributed by atoms with E-state index in [0.29, 0.717) is 26.1 Å². The summed E-state index contributed by atoms with van der Waals surface area (Å²) in [6.45, 7) is 0.648. The van der Waals surface area contributed by atoms with Crippen LogP contribution in [0.1, 0.15) is 0 Å². The van der Waals surface area contributed by atoms with Gasteiger partial charge in [0.1, 0.15) is 34.8 Å². The Bertz CT molecular complexity index is 854. The smallest absolute Gasteiger partial charge is 0.146 e. The molecular formula is C14H8I5O5S-. The molecule has 0 aliphatic carbocycles. The molecule has 2 rings (SSSR count). The highest BCUT2D eigenvalue weighted by molar-refractivity contribution is 14.1. The molecule has 0 saturated heterocycles. The van der Waals surface area contributed by atoms with Crippen LogP contribution in [0.15, 0.2) is 29.2 Å². The topological polar surface area (TPSA) is 75.7 Å². The van der Waals surface area contributed by atoms with E-state index in [-0.39, 0.29) is 4.90 Å². The summed E-state index contributed by atoms with van der Waals surface area (Å²) in [5.74, 6) is 1.32. The van der Waals surface area contributed by atoms with E-state index in [1.54, 1.807) is 0 Å². The first-order valence-electron chi connectivity index (χ1n) is 6.44. The van der Waals surface area contributed by atoms with Crippen LogP contribution in [0.2, 0.25) is 0 Å². The number of hydrogen-bond acceptors (Lipinski definition) is 5. The van der Waals surface area contributed by atoms with Crippen LogP contribution < -0.4 is 9.47 Å². The average molecular weight is 923 g/mol. The minimum Gasteiger partial charge on any atom is -0.744 e. The molecular weight excluding hydrogens is 915 g/mol. The lowest BCUT2D eigenvalue weighted by molar-refractivity contribution is 0.215. The Kier molecular flexibility index (Phi) is 9.04. The third-order valence-corrected chi connectivity index (χ3v) is 8.38. The molecule has 0 amide bonds. The van der Waals surface area contributed by atoms with E-state index in [2.05, 4.69) is 67.8 Å². The maximum absolute atomic E-state index is 11.3. The fourth-order valence-electron chi connectivity index (χ4n) is 1.83. The molecule has 0 bridgehead atoms. The molecule has 0 heterocycles. The fourth-order valence-corrected chi connectivity index (χ4v) is 9.65. The van der Waals surface area contributed by atoms with Crippen molar-refractivity contribution in [3.63, 3.8) is 0 Å². The lowest BCUT2D eigenvalue weighted by Gasteiger charge is -2.15. The fraction of sp³-hybridized carbons (Fsp3) is 0.143. The minimum atomic E-state index is -4.50. The summed E-state index contributed by atoms with van der Waals surface area (Å²) in [6.07, 6.45) is 0. The van der Waals surface area contributed by atoms with Gasteiger partial charge < -0.3 is 14.0 Å². The second-order valence-electron chi connectivity index (χ2n) is 4.57. The molecule has 0 saturated carbocycles. The minimum absolute atomic E-state index is 0.208. The van der Waals surface area contributed by atoms with Gasteiger partial charge in [-0.3, -0.25) is 0 Å². The predicted molar refractivity (Wildman–Crippen MR) is 135 cm³/mol. The van der Waals surface area contributed by atoms with Crippen molar-refractivity contribution in [2.75, 3.05) is 13.2 Å². The average Bonchev–Trinajstić information content (AvgIpc) is 2.43. The van der Waals surface area contributed by atoms with Crippen molar-refractivity contribution in [3.8, 4) is 11.5 Å². The summed E-state index contributed by atoms with van der Waals surface area (Å²) in [4.78, 5) is -0.208. The van der Waals surface area contributed by atoms with E-state index in [1.807, 2.05) is 57.3 Å². The Balaban J connectivity index is 2.02. The van der Waals surface area contributed by atoms with Gasteiger partial charge in [-0.1, -0.05) is 0 Å². The van der Waals surface area contributed by atoms with Gasteiger partial charge in [0.05, 0.1) is 12.0 Å². The molecule has 0 spiro atoms. The quantitative estimate of drug-likeness (QED) is 0.230. The largest absolute Gasteiger partial charge is 0.744 e. The van der Waals surface area contributed by atoms with Gasteiger partial charge in [0, 0.05) is 10.7 Å². The molecule has 0 aliphatic heterocycles. The van der Waals surface area contributed by atoms with E-state index in [0.717, 1.165) is 16.5 Å². The van der Waals surface area contributed by atoms with Crippen molar-refractivity contribution in [2.45, 2.75) is 4.90 Å². The summed E-state index contributed by atoms with van der Waals surface area (Å²) in [6, 6.07) is 7.14. The van der Waals surface area contributed by atoms with Crippen molar-refractivity contribution in [2.24, 2.45) is 0 Å². The number of hydrogen-bond donors (Lipinski definition) is 0. The van der Waals surface area contributed by atoms with Crippen LogP contribution in [-0.2, 0) is 10.1 Å². The third kappa shape index (κ3) is 6.57. The first kappa shape index (κ1) is 22.9. The highest BCUT2D eigenvalue weighted by Gasteiger charge is 2.14. The molecule has 0 atom stereocenters. The van der Waals surface area contributed by atoms with Crippen LogP contribution in [0.3, 0.4) is 0 Å². The first-order valence-corrected chi connectivity index (χ1v) is 13.2. The SMILES string of the molecule is O=S(=O)([O-])c1c(I)cc(OCCOc2c(I)cc(I)cc2I)cc1I. The maximum atomic E-state index is 11.3. The van der Waals surface area contributed by atoms with Gasteiger partial charge in [-0.15, -0.1) is 0 Å². The van der Waals surface area contributed by atoms with Crippen molar-refractivity contribution >= 4 is 123 Å². The Labute approximate surface area is 213 Å². The zero-order valence-corrected chi connectivity index (χ0v) is 23.7. The number of halogens is 5. The molecule has 0 N–H and O–H groups in total. The molecule has 136 valence electrons. The van der Waals surface area contributed by atoms with Gasteiger partial charge >= 0.3 is 0 Å². The van der Waals surface area contributed by atoms with Crippen LogP contribution in [0.4, 0.5) is 0 Å². The van der Waals surface area contributed by atoms with Gasteiger partial charge in [0.2, 0.25) is 0 Å². The maximum Gasteiger partial charge on any atom is 0.146 e. The van der Waals surface area contributed by atoms with Gasteiger partial charge in [0.25, 0.3) is 0 Å². The van der Waals surface area contributed by atoms with Gasteiger partial charge in [-0.05, 0) is 137 Å². The predicted octanol–water partition coefficient (Wildman–Crippen LogP) is 5.07. The van der Waals surface area contributed by atoms with Crippen molar-refractivity contribution in [3.05, 3.63) is 42.1 Å². The molecule has 11 heteroatoms. The lowest BCUT2D eigenvalue weighted by Crippen LogP contribution is -2.11. The molecule has 2 aromatic carbocycles. The van der Waals surface area contributed by atoms with Crippen LogP contribution in [0.25, 0.3) is 0 Å². The Hall–Kier alpha value is 1.60. The van der Waals surface area contributed by atoms with Crippen LogP contribution in [-0.4, -0.2) is 26.2 Å². The van der Waals surface area contributed by atoms with E-state index < -0.39 is 10.1 Å². The molecule has 25 heavy (non-hydrogen) atoms. The molecule has 0 fully saturated rings. The zero-order valence-electron chi connectivity index (χ0n) is 12.1. The van der Waals surface area contributed by atoms with Crippen LogP contribution in [0.5, 0.6) is 11.5 Å². The van der Waals surface area contributed by atoms with Gasteiger partial charge in [-0.25, -0.2) is 8.42 Å². The van der Waals surface area contributed by atoms with Crippen LogP contribution in [0, 0.1) is 17.9 Å². The van der Waals surface area contributed by atoms with E-state index in [1.165, 1.54) is 12.1 Å². The second kappa shape index (κ2) is 9.88. The lowest BCUT2D eigenvalue weighted by atomic mass is 10.3. The molecule has 5 nitrogen and oxygen atoms in total. The Morgan fingerprint density at radius 2 is 1.28 bits per heavy atom. The van der Waals surface area contributed by atoms with Gasteiger partial charge in [0.15, 0.2) is 0 Å². The van der Waals surface area contributed by atoms with Gasteiger partial charge in [-0.2, -0.15) is 0 Å². The van der Waals surface area contributed by atoms with E-state index in [4.69, 9.17) is 9.47 Å². The summed E-state index contributed by atoms with van der Waals surface area (Å²) in [5, 5.41) is 0. The summed E-state index contributed by atoms with van der Waals surface area (Å²) in [5.41, 5.74) is 0. The summed E-state index contributed by atoms with van der Waals surface area (Å²) in [7, 11) is -4.50. The van der Waals surface area contributed by atoms with Crippen molar-refractivity contribution in [1.29, 1.82) is 0 Å². The normalized spacial score (nSPS) is 11.4. The summed E-state index contributed by atoms with van der Waals surface area (Å²) >= 11 is 10.4. The van der Waals surface area contributed by atoms with Crippen LogP contribution >= 0.6 is 113 Å². The van der Waals surface area contributed by atoms with Crippen molar-refractivity contribution in [1.82, 2.24) is 0 Å². The molecule has 0 aromatic heterocycles. The Morgan fingerprint density at radius 1 is 0.800 bits per heavy atom. The monoisotopic (exact) mass is 923 g/mol. The highest BCUT2D eigenvalue weighted by atomic mass is 127. The standard InChI is InChI=1S/C14H9I5O5S/c15-7-3-9(16)13(10(17)4-7)24-2-1-23-8-5-11(18)14(12(19)6-8)25(20,21)22/h3-6H,1-2H2,(H,20,21,22)/p-1. The zero-order chi connectivity index (χ0) is 18.8. The van der Waals surface area contributed by atoms with E-state index >= 15 is 0 Å². The number of ether oxygens (including phenoxy) is 2. The Morgan fingerprint density at radius 3 is 1.76 bits per heavy atom. The third-order valence-electron chi connectivity index (χ3n) is 2.78. The number of benzene rings is 2. The molecule has 0 radical (unpaired) electrons. The van der Waals surface area contributed by atoms with Crippen molar-refractivity contribution < 1.29 is 22.4 Å². The van der Waals surface area contributed by atoms with E-state index in [9.17, 15) is 13.0 Å². The summed E-state index contributed by atoms with van der Waals surface area (Å²) < 4.78 is 49.1. The number of rotatable bonds is 6. The molecule has 2 aromatic rings.